The molecule has 0 saturated carbocycles. The van der Waals surface area contributed by atoms with Gasteiger partial charge in [0.15, 0.2) is 11.0 Å². The Kier molecular flexibility index (Phi) is 5.19. The molecule has 2 aromatic heterocycles. The number of hydrogen-bond acceptors (Lipinski definition) is 4. The van der Waals surface area contributed by atoms with Gasteiger partial charge in [0, 0.05) is 17.2 Å². The van der Waals surface area contributed by atoms with E-state index in [9.17, 15) is 13.2 Å². The zero-order valence-corrected chi connectivity index (χ0v) is 15.3. The molecule has 0 amide bonds. The first-order valence-corrected chi connectivity index (χ1v) is 9.47. The van der Waals surface area contributed by atoms with Crippen LogP contribution < -0.4 is 0 Å². The number of hydrogen-bond donors (Lipinski definition) is 0. The summed E-state index contributed by atoms with van der Waals surface area (Å²) >= 11 is 3.14. The maximum absolute atomic E-state index is 12.6. The molecule has 3 rings (SSSR count). The molecule has 0 unspecified atom stereocenters. The average molecular weight is 383 g/mol. The number of benzene rings is 1. The van der Waals surface area contributed by atoms with Crippen molar-refractivity contribution in [2.24, 2.45) is 0 Å². The molecule has 0 radical (unpaired) electrons. The summed E-state index contributed by atoms with van der Waals surface area (Å²) in [5.41, 5.74) is 0.186. The van der Waals surface area contributed by atoms with Crippen molar-refractivity contribution in [3.05, 3.63) is 52.4 Å². The van der Waals surface area contributed by atoms with Crippen LogP contribution in [0.25, 0.3) is 10.7 Å². The molecule has 0 aliphatic carbocycles. The van der Waals surface area contributed by atoms with Gasteiger partial charge in [-0.2, -0.15) is 13.2 Å². The third kappa shape index (κ3) is 4.07. The molecular weight excluding hydrogens is 367 g/mol. The molecule has 0 saturated heterocycles. The summed E-state index contributed by atoms with van der Waals surface area (Å²) in [7, 11) is 0. The second-order valence-corrected chi connectivity index (χ2v) is 7.67. The highest BCUT2D eigenvalue weighted by Gasteiger charge is 2.29. The minimum atomic E-state index is -4.30. The van der Waals surface area contributed by atoms with Gasteiger partial charge in [-0.15, -0.1) is 21.5 Å². The third-order valence-electron chi connectivity index (χ3n) is 3.64. The maximum Gasteiger partial charge on any atom is 0.416 e. The molecule has 3 nitrogen and oxygen atoms in total. The molecule has 2 heterocycles. The van der Waals surface area contributed by atoms with E-state index in [1.165, 1.54) is 28.8 Å². The van der Waals surface area contributed by atoms with Crippen molar-refractivity contribution in [1.82, 2.24) is 14.8 Å². The van der Waals surface area contributed by atoms with Gasteiger partial charge in [-0.25, -0.2) is 0 Å². The molecule has 0 aliphatic heterocycles. The van der Waals surface area contributed by atoms with Crippen molar-refractivity contribution in [3.63, 3.8) is 0 Å². The predicted octanol–water partition coefficient (Wildman–Crippen LogP) is 5.65. The Bertz CT molecular complexity index is 851. The van der Waals surface area contributed by atoms with Crippen LogP contribution in [-0.4, -0.2) is 14.8 Å². The van der Waals surface area contributed by atoms with Crippen LogP contribution in [0, 0.1) is 6.92 Å². The summed E-state index contributed by atoms with van der Waals surface area (Å²) in [6.07, 6.45) is -4.30. The maximum atomic E-state index is 12.6. The summed E-state index contributed by atoms with van der Waals surface area (Å²) in [6, 6.07) is 9.31. The highest BCUT2D eigenvalue weighted by Crippen LogP contribution is 2.32. The summed E-state index contributed by atoms with van der Waals surface area (Å²) in [4.78, 5) is 2.27. The van der Waals surface area contributed by atoms with Crippen LogP contribution in [-0.2, 0) is 18.5 Å². The van der Waals surface area contributed by atoms with Crippen molar-refractivity contribution in [1.29, 1.82) is 0 Å². The van der Waals surface area contributed by atoms with E-state index in [2.05, 4.69) is 10.2 Å². The summed E-state index contributed by atoms with van der Waals surface area (Å²) in [6.45, 7) is 4.80. The lowest BCUT2D eigenvalue weighted by Gasteiger charge is -2.08. The van der Waals surface area contributed by atoms with Crippen LogP contribution in [0.3, 0.4) is 0 Å². The van der Waals surface area contributed by atoms with Crippen LogP contribution >= 0.6 is 23.1 Å². The topological polar surface area (TPSA) is 30.7 Å². The number of aromatic nitrogens is 3. The van der Waals surface area contributed by atoms with Gasteiger partial charge in [0.05, 0.1) is 10.4 Å². The van der Waals surface area contributed by atoms with Crippen molar-refractivity contribution < 1.29 is 13.2 Å². The molecule has 0 fully saturated rings. The number of thiophene rings is 1. The monoisotopic (exact) mass is 383 g/mol. The minimum Gasteiger partial charge on any atom is -0.302 e. The Morgan fingerprint density at radius 2 is 1.80 bits per heavy atom. The van der Waals surface area contributed by atoms with Crippen LogP contribution in [0.2, 0.25) is 0 Å². The smallest absolute Gasteiger partial charge is 0.302 e. The molecule has 0 N–H and O–H groups in total. The Balaban J connectivity index is 1.74. The molecule has 8 heteroatoms. The van der Waals surface area contributed by atoms with E-state index in [1.54, 1.807) is 11.3 Å². The first-order valence-electron chi connectivity index (χ1n) is 7.67. The van der Waals surface area contributed by atoms with Crippen LogP contribution in [0.15, 0.2) is 41.6 Å². The Morgan fingerprint density at radius 3 is 2.36 bits per heavy atom. The summed E-state index contributed by atoms with van der Waals surface area (Å²) in [5.74, 6) is 1.37. The summed E-state index contributed by atoms with van der Waals surface area (Å²) < 4.78 is 39.9. The van der Waals surface area contributed by atoms with Gasteiger partial charge in [-0.3, -0.25) is 0 Å². The Morgan fingerprint density at radius 1 is 1.08 bits per heavy atom. The van der Waals surface area contributed by atoms with Crippen molar-refractivity contribution in [2.45, 2.75) is 37.5 Å². The van der Waals surface area contributed by atoms with Crippen molar-refractivity contribution >= 4 is 23.1 Å². The van der Waals surface area contributed by atoms with Crippen molar-refractivity contribution in [2.75, 3.05) is 0 Å². The highest BCUT2D eigenvalue weighted by molar-refractivity contribution is 7.98. The first-order chi connectivity index (χ1) is 11.9. The van der Waals surface area contributed by atoms with E-state index in [0.29, 0.717) is 5.75 Å². The van der Waals surface area contributed by atoms with E-state index in [1.807, 2.05) is 30.5 Å². The normalized spacial score (nSPS) is 11.9. The van der Waals surface area contributed by atoms with E-state index in [4.69, 9.17) is 0 Å². The Labute approximate surface area is 151 Å². The molecular formula is C17H16F3N3S2. The molecule has 1 aromatic carbocycles. The molecule has 0 bridgehead atoms. The molecule has 0 spiro atoms. The van der Waals surface area contributed by atoms with Gasteiger partial charge in [-0.05, 0) is 43.7 Å². The quantitative estimate of drug-likeness (QED) is 0.534. The number of nitrogens with zero attached hydrogens (tertiary/aromatic N) is 3. The number of halogens is 3. The van der Waals surface area contributed by atoms with Gasteiger partial charge >= 0.3 is 6.18 Å². The first kappa shape index (κ1) is 18.0. The number of thioether (sulfide) groups is 1. The van der Waals surface area contributed by atoms with E-state index in [-0.39, 0.29) is 0 Å². The van der Waals surface area contributed by atoms with E-state index < -0.39 is 11.7 Å². The molecule has 0 atom stereocenters. The SMILES string of the molecule is CCn1c(SCc2ccc(C(F)(F)F)cc2)nnc1-c1ccc(C)s1. The fourth-order valence-electron chi connectivity index (χ4n) is 2.36. The summed E-state index contributed by atoms with van der Waals surface area (Å²) in [5, 5.41) is 9.30. The highest BCUT2D eigenvalue weighted by atomic mass is 32.2. The second-order valence-electron chi connectivity index (χ2n) is 5.44. The van der Waals surface area contributed by atoms with Gasteiger partial charge in [0.1, 0.15) is 0 Å². The van der Waals surface area contributed by atoms with Crippen LogP contribution in [0.5, 0.6) is 0 Å². The minimum absolute atomic E-state index is 0.541. The number of aryl methyl sites for hydroxylation is 1. The molecule has 3 aromatic rings. The van der Waals surface area contributed by atoms with Gasteiger partial charge < -0.3 is 4.57 Å². The van der Waals surface area contributed by atoms with Crippen LogP contribution in [0.4, 0.5) is 13.2 Å². The molecule has 0 aliphatic rings. The number of rotatable bonds is 5. The Hall–Kier alpha value is -1.80. The lowest BCUT2D eigenvalue weighted by Crippen LogP contribution is -2.04. The second kappa shape index (κ2) is 7.21. The standard InChI is InChI=1S/C17H16F3N3S2/c1-3-23-15(14-9-4-11(2)25-14)21-22-16(23)24-10-12-5-7-13(8-6-12)17(18,19)20/h4-9H,3,10H2,1-2H3. The van der Waals surface area contributed by atoms with Crippen molar-refractivity contribution in [3.8, 4) is 10.7 Å². The van der Waals surface area contributed by atoms with Gasteiger partial charge in [0.25, 0.3) is 0 Å². The largest absolute Gasteiger partial charge is 0.416 e. The molecule has 25 heavy (non-hydrogen) atoms. The molecule has 132 valence electrons. The fourth-order valence-corrected chi connectivity index (χ4v) is 4.17. The lowest BCUT2D eigenvalue weighted by atomic mass is 10.1. The lowest BCUT2D eigenvalue weighted by molar-refractivity contribution is -0.137. The van der Waals surface area contributed by atoms with E-state index >= 15 is 0 Å². The van der Waals surface area contributed by atoms with Gasteiger partial charge in [0.2, 0.25) is 0 Å². The van der Waals surface area contributed by atoms with Gasteiger partial charge in [-0.1, -0.05) is 23.9 Å². The zero-order valence-electron chi connectivity index (χ0n) is 13.7. The zero-order chi connectivity index (χ0) is 18.0. The average Bonchev–Trinajstić information content (AvgIpc) is 3.18. The predicted molar refractivity (Wildman–Crippen MR) is 94.8 cm³/mol. The third-order valence-corrected chi connectivity index (χ3v) is 5.68. The van der Waals surface area contributed by atoms with Crippen LogP contribution in [0.1, 0.15) is 22.9 Å². The number of alkyl halides is 3. The fraction of sp³-hybridized carbons (Fsp3) is 0.294. The van der Waals surface area contributed by atoms with E-state index in [0.717, 1.165) is 40.1 Å².